The number of alkyl halides is 1. The number of aliphatic carboxylic acids is 1. The smallest absolute Gasteiger partial charge is 0.306 e. The van der Waals surface area contributed by atoms with Gasteiger partial charge in [0.05, 0.1) is 5.92 Å². The molecule has 3 nitrogen and oxygen atoms in total. The summed E-state index contributed by atoms with van der Waals surface area (Å²) in [5, 5.41) is 17.5. The molecule has 0 radical (unpaired) electrons. The minimum atomic E-state index is -0.583. The van der Waals surface area contributed by atoms with Gasteiger partial charge in [-0.2, -0.15) is 0 Å². The lowest BCUT2D eigenvalue weighted by molar-refractivity contribution is -0.142. The van der Waals surface area contributed by atoms with Gasteiger partial charge in [-0.15, -0.1) is 11.6 Å². The fourth-order valence-corrected chi connectivity index (χ4v) is 3.13. The second-order valence-corrected chi connectivity index (χ2v) is 7.65. The maximum absolute atomic E-state index is 11.1. The number of hydrogen-bond donors (Lipinski definition) is 2. The summed E-state index contributed by atoms with van der Waals surface area (Å²) in [7, 11) is 0. The van der Waals surface area contributed by atoms with Crippen LogP contribution in [0.3, 0.4) is 0 Å². The molecule has 0 aromatic rings. The summed E-state index contributed by atoms with van der Waals surface area (Å²) in [6, 6.07) is 0. The van der Waals surface area contributed by atoms with Gasteiger partial charge in [-0.1, -0.05) is 90.9 Å². The quantitative estimate of drug-likeness (QED) is 0.192. The van der Waals surface area contributed by atoms with E-state index < -0.39 is 5.97 Å². The SMILES string of the molecule is CCCCCCCCC(CCCCCC)C(=O)O.OCCCCCCCl. The third kappa shape index (κ3) is 23.7. The predicted octanol–water partition coefficient (Wildman–Crippen LogP) is 7.19. The van der Waals surface area contributed by atoms with Crippen LogP contribution in [0.2, 0.25) is 0 Å². The number of hydrogen-bond acceptors (Lipinski definition) is 2. The van der Waals surface area contributed by atoms with Crippen molar-refractivity contribution in [2.75, 3.05) is 12.5 Å². The van der Waals surface area contributed by atoms with Crippen LogP contribution in [-0.4, -0.2) is 28.7 Å². The zero-order valence-corrected chi connectivity index (χ0v) is 18.2. The number of halogens is 1. The van der Waals surface area contributed by atoms with E-state index in [0.717, 1.165) is 57.2 Å². The maximum atomic E-state index is 11.1. The van der Waals surface area contributed by atoms with Crippen LogP contribution in [0.15, 0.2) is 0 Å². The molecule has 0 saturated carbocycles. The van der Waals surface area contributed by atoms with Crippen molar-refractivity contribution in [3.8, 4) is 0 Å². The standard InChI is InChI=1S/C16H32O2.C6H13ClO/c1-3-5-7-9-10-12-14-15(16(17)18)13-11-8-6-4-2;7-5-3-1-2-4-6-8/h15H,3-14H2,1-2H3,(H,17,18);8H,1-6H2. The molecule has 1 unspecified atom stereocenters. The van der Waals surface area contributed by atoms with Crippen molar-refractivity contribution in [1.29, 1.82) is 0 Å². The van der Waals surface area contributed by atoms with Gasteiger partial charge in [0.25, 0.3) is 0 Å². The van der Waals surface area contributed by atoms with Crippen LogP contribution in [0.25, 0.3) is 0 Å². The Morgan fingerprint density at radius 2 is 1.15 bits per heavy atom. The van der Waals surface area contributed by atoms with Crippen LogP contribution in [0.1, 0.15) is 117 Å². The Labute approximate surface area is 167 Å². The highest BCUT2D eigenvalue weighted by atomic mass is 35.5. The van der Waals surface area contributed by atoms with Gasteiger partial charge in [0.1, 0.15) is 0 Å². The van der Waals surface area contributed by atoms with E-state index >= 15 is 0 Å². The number of carbonyl (C=O) groups is 1. The first-order valence-electron chi connectivity index (χ1n) is 11.0. The van der Waals surface area contributed by atoms with Crippen molar-refractivity contribution in [3.05, 3.63) is 0 Å². The number of aliphatic hydroxyl groups is 1. The summed E-state index contributed by atoms with van der Waals surface area (Å²) in [6.45, 7) is 4.73. The van der Waals surface area contributed by atoms with E-state index in [0.29, 0.717) is 6.61 Å². The summed E-state index contributed by atoms with van der Waals surface area (Å²) in [5.74, 6) is 0.0823. The molecule has 0 aliphatic heterocycles. The van der Waals surface area contributed by atoms with Gasteiger partial charge in [0, 0.05) is 12.5 Å². The highest BCUT2D eigenvalue weighted by molar-refractivity contribution is 6.17. The average Bonchev–Trinajstić information content (AvgIpc) is 2.63. The number of carboxylic acids is 1. The van der Waals surface area contributed by atoms with Gasteiger partial charge in [0.2, 0.25) is 0 Å². The molecule has 26 heavy (non-hydrogen) atoms. The minimum Gasteiger partial charge on any atom is -0.481 e. The minimum absolute atomic E-state index is 0.0898. The first kappa shape index (κ1) is 27.9. The molecule has 0 aromatic carbocycles. The topological polar surface area (TPSA) is 57.5 Å². The molecule has 1 atom stereocenters. The Morgan fingerprint density at radius 3 is 1.62 bits per heavy atom. The summed E-state index contributed by atoms with van der Waals surface area (Å²) in [6.07, 6.45) is 18.3. The van der Waals surface area contributed by atoms with Crippen molar-refractivity contribution in [1.82, 2.24) is 0 Å². The van der Waals surface area contributed by atoms with Gasteiger partial charge in [-0.05, 0) is 25.7 Å². The molecule has 4 heteroatoms. The molecular formula is C22H45ClO3. The largest absolute Gasteiger partial charge is 0.481 e. The maximum Gasteiger partial charge on any atom is 0.306 e. The Kier molecular flexibility index (Phi) is 26.6. The van der Waals surface area contributed by atoms with Crippen LogP contribution in [0.4, 0.5) is 0 Å². The molecule has 0 saturated heterocycles. The van der Waals surface area contributed by atoms with Gasteiger partial charge in [-0.25, -0.2) is 0 Å². The second kappa shape index (κ2) is 24.7. The van der Waals surface area contributed by atoms with Crippen molar-refractivity contribution < 1.29 is 15.0 Å². The Morgan fingerprint density at radius 1 is 0.731 bits per heavy atom. The highest BCUT2D eigenvalue weighted by Crippen LogP contribution is 2.19. The Bertz CT molecular complexity index is 266. The first-order chi connectivity index (χ1) is 12.6. The zero-order chi connectivity index (χ0) is 19.9. The number of aliphatic hydroxyl groups excluding tert-OH is 1. The number of rotatable bonds is 18. The van der Waals surface area contributed by atoms with E-state index in [4.69, 9.17) is 16.7 Å². The van der Waals surface area contributed by atoms with Crippen LogP contribution < -0.4 is 0 Å². The van der Waals surface area contributed by atoms with Gasteiger partial charge in [-0.3, -0.25) is 4.79 Å². The van der Waals surface area contributed by atoms with E-state index in [2.05, 4.69) is 13.8 Å². The van der Waals surface area contributed by atoms with Crippen molar-refractivity contribution in [3.63, 3.8) is 0 Å². The number of carboxylic acid groups (broad SMARTS) is 1. The van der Waals surface area contributed by atoms with Crippen LogP contribution >= 0.6 is 11.6 Å². The van der Waals surface area contributed by atoms with E-state index in [9.17, 15) is 9.90 Å². The van der Waals surface area contributed by atoms with Crippen LogP contribution in [-0.2, 0) is 4.79 Å². The Hall–Kier alpha value is -0.280. The molecule has 0 aromatic heterocycles. The fourth-order valence-electron chi connectivity index (χ4n) is 2.94. The lowest BCUT2D eigenvalue weighted by Crippen LogP contribution is -2.13. The fraction of sp³-hybridized carbons (Fsp3) is 0.955. The van der Waals surface area contributed by atoms with Gasteiger partial charge < -0.3 is 10.2 Å². The summed E-state index contributed by atoms with van der Waals surface area (Å²) < 4.78 is 0. The highest BCUT2D eigenvalue weighted by Gasteiger charge is 2.15. The summed E-state index contributed by atoms with van der Waals surface area (Å²) in [5.41, 5.74) is 0. The molecule has 0 amide bonds. The van der Waals surface area contributed by atoms with Crippen molar-refractivity contribution in [2.45, 2.75) is 117 Å². The monoisotopic (exact) mass is 392 g/mol. The molecule has 0 heterocycles. The van der Waals surface area contributed by atoms with Crippen molar-refractivity contribution >= 4 is 17.6 Å². The van der Waals surface area contributed by atoms with E-state index in [1.807, 2.05) is 0 Å². The third-order valence-corrected chi connectivity index (χ3v) is 4.97. The third-order valence-electron chi connectivity index (χ3n) is 4.70. The second-order valence-electron chi connectivity index (χ2n) is 7.27. The zero-order valence-electron chi connectivity index (χ0n) is 17.5. The van der Waals surface area contributed by atoms with Gasteiger partial charge in [0.15, 0.2) is 0 Å². The van der Waals surface area contributed by atoms with Gasteiger partial charge >= 0.3 is 5.97 Å². The van der Waals surface area contributed by atoms with Crippen LogP contribution in [0, 0.1) is 5.92 Å². The van der Waals surface area contributed by atoms with Crippen molar-refractivity contribution in [2.24, 2.45) is 5.92 Å². The molecule has 158 valence electrons. The van der Waals surface area contributed by atoms with Crippen LogP contribution in [0.5, 0.6) is 0 Å². The normalized spacial score (nSPS) is 11.7. The lowest BCUT2D eigenvalue weighted by atomic mass is 9.94. The molecular weight excluding hydrogens is 348 g/mol. The van der Waals surface area contributed by atoms with E-state index in [1.165, 1.54) is 51.4 Å². The Balaban J connectivity index is 0. The first-order valence-corrected chi connectivity index (χ1v) is 11.6. The average molecular weight is 393 g/mol. The molecule has 0 fully saturated rings. The number of unbranched alkanes of at least 4 members (excludes halogenated alkanes) is 11. The molecule has 0 bridgehead atoms. The predicted molar refractivity (Wildman–Crippen MR) is 114 cm³/mol. The van der Waals surface area contributed by atoms with E-state index in [1.54, 1.807) is 0 Å². The lowest BCUT2D eigenvalue weighted by Gasteiger charge is -2.11. The summed E-state index contributed by atoms with van der Waals surface area (Å²) >= 11 is 5.42. The summed E-state index contributed by atoms with van der Waals surface area (Å²) in [4.78, 5) is 11.1. The molecule has 0 rings (SSSR count). The molecule has 0 spiro atoms. The molecule has 0 aliphatic rings. The molecule has 2 N–H and O–H groups in total. The van der Waals surface area contributed by atoms with E-state index in [-0.39, 0.29) is 5.92 Å². The molecule has 0 aliphatic carbocycles.